The molecule has 3 amide bonds. The van der Waals surface area contributed by atoms with Crippen LogP contribution >= 0.6 is 0 Å². The molecule has 0 bridgehead atoms. The molecule has 0 saturated carbocycles. The summed E-state index contributed by atoms with van der Waals surface area (Å²) in [5, 5.41) is 12.1. The number of nitrogens with one attached hydrogen (secondary N) is 1. The van der Waals surface area contributed by atoms with Crippen LogP contribution in [0.1, 0.15) is 87.5 Å². The SMILES string of the molecule is CCCCC(C)CC(C)C(=O)N(C)[C@@H](CC(C)C)C(=O)N[C@H](C(=O)N(C)[C@H](C(=O)OC)C(C)C)C(C)OO. The Labute approximate surface area is 229 Å². The summed E-state index contributed by atoms with van der Waals surface area (Å²) in [5.41, 5.74) is 0. The fourth-order valence-electron chi connectivity index (χ4n) is 4.81. The van der Waals surface area contributed by atoms with Gasteiger partial charge in [0.05, 0.1) is 7.11 Å². The van der Waals surface area contributed by atoms with Crippen molar-refractivity contribution in [3.63, 3.8) is 0 Å². The van der Waals surface area contributed by atoms with Gasteiger partial charge in [-0.15, -0.1) is 0 Å². The number of esters is 1. The molecule has 3 unspecified atom stereocenters. The van der Waals surface area contributed by atoms with Crippen LogP contribution in [0, 0.1) is 23.7 Å². The lowest BCUT2D eigenvalue weighted by Crippen LogP contribution is -2.60. The molecule has 0 radical (unpaired) electrons. The highest BCUT2D eigenvalue weighted by atomic mass is 17.1. The van der Waals surface area contributed by atoms with Gasteiger partial charge in [0.15, 0.2) is 0 Å². The van der Waals surface area contributed by atoms with Gasteiger partial charge in [-0.3, -0.25) is 19.6 Å². The van der Waals surface area contributed by atoms with E-state index in [1.807, 2.05) is 20.8 Å². The lowest BCUT2D eigenvalue weighted by atomic mass is 9.91. The molecule has 0 aromatic carbocycles. The third-order valence-electron chi connectivity index (χ3n) is 7.08. The predicted molar refractivity (Wildman–Crippen MR) is 147 cm³/mol. The van der Waals surface area contributed by atoms with E-state index >= 15 is 0 Å². The molecule has 2 N–H and O–H groups in total. The summed E-state index contributed by atoms with van der Waals surface area (Å²) in [6, 6.07) is -3.03. The Morgan fingerprint density at radius 1 is 0.895 bits per heavy atom. The molecule has 10 nitrogen and oxygen atoms in total. The van der Waals surface area contributed by atoms with E-state index < -0.39 is 42.0 Å². The number of ether oxygens (including phenoxy) is 1. The largest absolute Gasteiger partial charge is 0.467 e. The fourth-order valence-corrected chi connectivity index (χ4v) is 4.81. The van der Waals surface area contributed by atoms with Crippen LogP contribution in [-0.4, -0.2) is 84.2 Å². The van der Waals surface area contributed by atoms with Gasteiger partial charge in [-0.05, 0) is 37.5 Å². The summed E-state index contributed by atoms with van der Waals surface area (Å²) in [5.74, 6) is -1.93. The zero-order valence-corrected chi connectivity index (χ0v) is 25.4. The minimum absolute atomic E-state index is 0.0905. The van der Waals surface area contributed by atoms with E-state index in [2.05, 4.69) is 24.1 Å². The molecular weight excluding hydrogens is 490 g/mol. The first-order chi connectivity index (χ1) is 17.6. The fraction of sp³-hybridized carbons (Fsp3) is 0.857. The van der Waals surface area contributed by atoms with Gasteiger partial charge in [0.25, 0.3) is 0 Å². The van der Waals surface area contributed by atoms with Crippen molar-refractivity contribution >= 4 is 23.7 Å². The number of amides is 3. The molecule has 222 valence electrons. The van der Waals surface area contributed by atoms with Crippen LogP contribution in [0.25, 0.3) is 0 Å². The predicted octanol–water partition coefficient (Wildman–Crippen LogP) is 3.73. The van der Waals surface area contributed by atoms with Gasteiger partial charge in [0.1, 0.15) is 24.2 Å². The standard InChI is InChI=1S/C28H53N3O7/c1-12-13-14-19(6)16-20(7)26(33)30(9)22(15-17(2)3)25(32)29-23(21(8)38-36)27(34)31(10)24(18(4)5)28(35)37-11/h17-24,36H,12-16H2,1-11H3,(H,29,32)/t19?,20?,21?,22-,23-,24-/m0/s1. The highest BCUT2D eigenvalue weighted by molar-refractivity contribution is 5.94. The molecule has 0 spiro atoms. The highest BCUT2D eigenvalue weighted by Gasteiger charge is 2.39. The zero-order valence-electron chi connectivity index (χ0n) is 25.4. The monoisotopic (exact) mass is 543 g/mol. The summed E-state index contributed by atoms with van der Waals surface area (Å²) in [7, 11) is 4.29. The van der Waals surface area contributed by atoms with Crippen LogP contribution in [-0.2, 0) is 28.8 Å². The smallest absolute Gasteiger partial charge is 0.328 e. The molecule has 0 rings (SSSR count). The number of carbonyl (C=O) groups is 4. The van der Waals surface area contributed by atoms with Crippen LogP contribution in [0.4, 0.5) is 0 Å². The van der Waals surface area contributed by atoms with Crippen LogP contribution in [0.15, 0.2) is 0 Å². The Morgan fingerprint density at radius 2 is 1.47 bits per heavy atom. The van der Waals surface area contributed by atoms with Crippen molar-refractivity contribution in [2.24, 2.45) is 23.7 Å². The van der Waals surface area contributed by atoms with Crippen LogP contribution in [0.3, 0.4) is 0 Å². The highest BCUT2D eigenvalue weighted by Crippen LogP contribution is 2.22. The van der Waals surface area contributed by atoms with Gasteiger partial charge >= 0.3 is 5.97 Å². The minimum Gasteiger partial charge on any atom is -0.467 e. The summed E-state index contributed by atoms with van der Waals surface area (Å²) >= 11 is 0. The molecule has 0 aromatic rings. The number of unbranched alkanes of at least 4 members (excludes halogenated alkanes) is 1. The quantitative estimate of drug-likeness (QED) is 0.163. The average Bonchev–Trinajstić information content (AvgIpc) is 2.86. The lowest BCUT2D eigenvalue weighted by Gasteiger charge is -2.35. The van der Waals surface area contributed by atoms with Crippen molar-refractivity contribution in [2.75, 3.05) is 21.2 Å². The van der Waals surface area contributed by atoms with Crippen molar-refractivity contribution < 1.29 is 34.1 Å². The normalized spacial score (nSPS) is 16.3. The molecule has 0 saturated heterocycles. The van der Waals surface area contributed by atoms with Crippen molar-refractivity contribution in [1.82, 2.24) is 15.1 Å². The van der Waals surface area contributed by atoms with Crippen LogP contribution in [0.2, 0.25) is 0 Å². The summed E-state index contributed by atoms with van der Waals surface area (Å²) in [4.78, 5) is 59.8. The van der Waals surface area contributed by atoms with E-state index in [4.69, 9.17) is 4.74 Å². The van der Waals surface area contributed by atoms with E-state index in [0.717, 1.165) is 25.7 Å². The van der Waals surface area contributed by atoms with E-state index in [0.29, 0.717) is 12.3 Å². The van der Waals surface area contributed by atoms with Gasteiger partial charge < -0.3 is 19.9 Å². The van der Waals surface area contributed by atoms with Crippen LogP contribution < -0.4 is 5.32 Å². The van der Waals surface area contributed by atoms with Gasteiger partial charge in [-0.1, -0.05) is 67.7 Å². The van der Waals surface area contributed by atoms with Crippen molar-refractivity contribution in [1.29, 1.82) is 0 Å². The van der Waals surface area contributed by atoms with E-state index in [-0.39, 0.29) is 23.7 Å². The molecule has 10 heteroatoms. The average molecular weight is 544 g/mol. The third kappa shape index (κ3) is 10.9. The summed E-state index contributed by atoms with van der Waals surface area (Å²) in [6.45, 7) is 15.0. The minimum atomic E-state index is -1.30. The Morgan fingerprint density at radius 3 is 1.92 bits per heavy atom. The number of rotatable bonds is 17. The maximum absolute atomic E-state index is 13.6. The van der Waals surface area contributed by atoms with Gasteiger partial charge in [0.2, 0.25) is 17.7 Å². The number of hydrogen-bond acceptors (Lipinski definition) is 7. The molecular formula is C28H53N3O7. The second kappa shape index (κ2) is 17.4. The number of nitrogens with zero attached hydrogens (tertiary/aromatic N) is 2. The first-order valence-electron chi connectivity index (χ1n) is 13.9. The molecule has 0 aliphatic rings. The Kier molecular flexibility index (Phi) is 16.4. The number of carbonyl (C=O) groups excluding carboxylic acids is 4. The first-order valence-corrected chi connectivity index (χ1v) is 13.9. The maximum atomic E-state index is 13.6. The number of likely N-dealkylation sites (N-methyl/N-ethyl adjacent to an activating group) is 2. The second-order valence-electron chi connectivity index (χ2n) is 11.4. The molecule has 0 aliphatic heterocycles. The van der Waals surface area contributed by atoms with Gasteiger partial charge in [-0.2, -0.15) is 0 Å². The van der Waals surface area contributed by atoms with Crippen molar-refractivity contribution in [3.8, 4) is 0 Å². The molecule has 0 fully saturated rings. The first kappa shape index (κ1) is 35.8. The van der Waals surface area contributed by atoms with E-state index in [1.54, 1.807) is 20.9 Å². The second-order valence-corrected chi connectivity index (χ2v) is 11.4. The Balaban J connectivity index is 5.92. The summed E-state index contributed by atoms with van der Waals surface area (Å²) < 4.78 is 4.86. The van der Waals surface area contributed by atoms with Gasteiger partial charge in [-0.25, -0.2) is 9.68 Å². The molecule has 38 heavy (non-hydrogen) atoms. The van der Waals surface area contributed by atoms with Crippen LogP contribution in [0.5, 0.6) is 0 Å². The van der Waals surface area contributed by atoms with E-state index in [9.17, 15) is 24.4 Å². The lowest BCUT2D eigenvalue weighted by molar-refractivity contribution is -0.278. The maximum Gasteiger partial charge on any atom is 0.328 e. The Bertz CT molecular complexity index is 759. The molecule has 0 aromatic heterocycles. The van der Waals surface area contributed by atoms with Crippen molar-refractivity contribution in [3.05, 3.63) is 0 Å². The van der Waals surface area contributed by atoms with Gasteiger partial charge in [0, 0.05) is 20.0 Å². The zero-order chi connectivity index (χ0) is 29.7. The number of hydrogen-bond donors (Lipinski definition) is 2. The van der Waals surface area contributed by atoms with Crippen molar-refractivity contribution in [2.45, 2.75) is 112 Å². The topological polar surface area (TPSA) is 125 Å². The Hall–Kier alpha value is -2.20. The molecule has 0 heterocycles. The summed E-state index contributed by atoms with van der Waals surface area (Å²) in [6.07, 6.45) is 3.26. The molecule has 0 aliphatic carbocycles. The third-order valence-corrected chi connectivity index (χ3v) is 7.08. The number of methoxy groups -OCH3 is 1. The molecule has 6 atom stereocenters. The van der Waals surface area contributed by atoms with E-state index in [1.165, 1.54) is 30.9 Å².